The molecule has 0 spiro atoms. The van der Waals surface area contributed by atoms with Gasteiger partial charge in [-0.2, -0.15) is 0 Å². The zero-order chi connectivity index (χ0) is 5.91. The summed E-state index contributed by atoms with van der Waals surface area (Å²) in [6, 6.07) is 0. The third-order valence-electron chi connectivity index (χ3n) is 0.418. The molecule has 0 unspecified atom stereocenters. The van der Waals surface area contributed by atoms with Crippen molar-refractivity contribution in [3.63, 3.8) is 0 Å². The Morgan fingerprint density at radius 3 is 1.86 bits per heavy atom. The van der Waals surface area contributed by atoms with Crippen LogP contribution in [0.2, 0.25) is 0 Å². The maximum absolute atomic E-state index is 3.52. The molecule has 0 bridgehead atoms. The van der Waals surface area contributed by atoms with Crippen molar-refractivity contribution in [3.8, 4) is 0 Å². The number of hydrogen-bond donors (Lipinski definition) is 0. The largest absolute Gasteiger partial charge is 0.323 e. The lowest BCUT2D eigenvalue weighted by Gasteiger charge is -2.20. The second kappa shape index (κ2) is 3.10. The minimum absolute atomic E-state index is 0.295. The molecule has 0 saturated heterocycles. The average molecular weight is 232 g/mol. The highest BCUT2D eigenvalue weighted by Crippen LogP contribution is 2.06. The monoisotopic (exact) mass is 232 g/mol. The molecule has 0 aromatic carbocycles. The summed E-state index contributed by atoms with van der Waals surface area (Å²) in [5, 5.41) is 0. The Kier molecular flexibility index (Phi) is 3.54. The second-order valence-corrected chi connectivity index (χ2v) is 5.78. The zero-order valence-corrected chi connectivity index (χ0v) is 8.19. The van der Waals surface area contributed by atoms with Gasteiger partial charge in [-0.3, -0.25) is 0 Å². The van der Waals surface area contributed by atoms with Gasteiger partial charge in [-0.05, 0) is 20.1 Å². The molecule has 44 valence electrons. The second-order valence-electron chi connectivity index (χ2n) is 2.54. The highest BCUT2D eigenvalue weighted by Gasteiger charge is 2.00. The molecule has 0 fully saturated rings. The Morgan fingerprint density at radius 2 is 1.86 bits per heavy atom. The Labute approximate surface area is 56.9 Å². The molecule has 0 amide bonds. The average Bonchev–Trinajstić information content (AvgIpc) is 1.30. The van der Waals surface area contributed by atoms with Crippen LogP contribution in [0, 0.1) is 0 Å². The van der Waals surface area contributed by atoms with Gasteiger partial charge < -0.3 is 4.48 Å². The van der Waals surface area contributed by atoms with Crippen molar-refractivity contribution >= 4 is 26.6 Å². The van der Waals surface area contributed by atoms with E-state index in [0.717, 1.165) is 4.48 Å². The van der Waals surface area contributed by atoms with Gasteiger partial charge in [-0.25, -0.2) is 0 Å². The molecule has 0 rings (SSSR count). The number of rotatable bonds is 2. The number of alkyl halides is 1. The van der Waals surface area contributed by atoms with E-state index in [1.165, 1.54) is 4.55 Å². The van der Waals surface area contributed by atoms with Crippen LogP contribution in [0.5, 0.6) is 0 Å². The van der Waals surface area contributed by atoms with Crippen LogP contribution in [-0.2, 0) is 0 Å². The lowest BCUT2D eigenvalue weighted by molar-refractivity contribution is -0.853. The first-order chi connectivity index (χ1) is 3.06. The first-order valence-corrected chi connectivity index (χ1v) is 7.25. The van der Waals surface area contributed by atoms with Crippen LogP contribution in [-0.4, -0.2) is 30.2 Å². The lowest BCUT2D eigenvalue weighted by atomic mass is 10.8. The van der Waals surface area contributed by atoms with Crippen LogP contribution < -0.4 is 0 Å². The summed E-state index contributed by atoms with van der Waals surface area (Å²) in [5.41, 5.74) is 0. The molecule has 0 saturated carbocycles. The van der Waals surface area contributed by atoms with Crippen molar-refractivity contribution in [2.45, 2.75) is 0 Å². The maximum Gasteiger partial charge on any atom is 0.127 e. The number of quaternary nitrogens is 1. The van der Waals surface area contributed by atoms with Crippen LogP contribution in [0.4, 0.5) is 0 Å². The van der Waals surface area contributed by atoms with Crippen LogP contribution in [0.15, 0.2) is 0 Å². The zero-order valence-electron chi connectivity index (χ0n) is 5.03. The first kappa shape index (κ1) is 7.99. The van der Waals surface area contributed by atoms with Crippen molar-refractivity contribution < 1.29 is 4.48 Å². The van der Waals surface area contributed by atoms with Crippen molar-refractivity contribution in [2.24, 2.45) is 0 Å². The van der Waals surface area contributed by atoms with Gasteiger partial charge in [0.15, 0.2) is 0 Å². The lowest BCUT2D eigenvalue weighted by Crippen LogP contribution is -2.32. The summed E-state index contributed by atoms with van der Waals surface area (Å²) in [4.78, 5) is 0. The van der Waals surface area contributed by atoms with E-state index >= 15 is 0 Å². The van der Waals surface area contributed by atoms with Crippen LogP contribution in [0.1, 0.15) is 0 Å². The normalized spacial score (nSPS) is 11.9. The molecule has 0 aromatic rings. The maximum atomic E-state index is 3.52. The van der Waals surface area contributed by atoms with Gasteiger partial charge in [-0.15, -0.1) is 0 Å². The summed E-state index contributed by atoms with van der Waals surface area (Å²) in [6.07, 6.45) is 3.52. The van der Waals surface area contributed by atoms with Crippen LogP contribution in [0.25, 0.3) is 0 Å². The minimum Gasteiger partial charge on any atom is -0.323 e. The summed E-state index contributed by atoms with van der Waals surface area (Å²) in [5.74, 6) is 0. The summed E-state index contributed by atoms with van der Waals surface area (Å²) < 4.78 is 2.40. The Bertz CT molecular complexity index is 66.6. The fourth-order valence-electron chi connectivity index (χ4n) is 0.179. The molecule has 0 N–H and O–H groups in total. The Balaban J connectivity index is 3.34. The number of hydrogen-bond acceptors (Lipinski definition) is 0. The molecule has 0 radical (unpaired) electrons. The van der Waals surface area contributed by atoms with Crippen molar-refractivity contribution in [1.82, 2.24) is 0 Å². The standard InChI is InChI=1S/C4H12INP/c1-6(2,3)4-5-7/h7H,4H2,1-3H3/q+1. The van der Waals surface area contributed by atoms with E-state index < -0.39 is 0 Å². The van der Waals surface area contributed by atoms with E-state index in [-0.39, 0.29) is 0 Å². The Morgan fingerprint density at radius 1 is 1.43 bits per heavy atom. The van der Waals surface area contributed by atoms with Crippen molar-refractivity contribution in [3.05, 3.63) is 0 Å². The summed E-state index contributed by atoms with van der Waals surface area (Å²) >= 11 is 0.295. The molecule has 0 aliphatic carbocycles. The van der Waals surface area contributed by atoms with E-state index in [9.17, 15) is 0 Å². The highest BCUT2D eigenvalue weighted by molar-refractivity contribution is 14.2. The molecule has 1 nitrogen and oxygen atoms in total. The first-order valence-electron chi connectivity index (χ1n) is 2.11. The van der Waals surface area contributed by atoms with Gasteiger partial charge >= 0.3 is 0 Å². The third-order valence-corrected chi connectivity index (χ3v) is 3.61. The van der Waals surface area contributed by atoms with Crippen molar-refractivity contribution in [2.75, 3.05) is 25.7 Å². The van der Waals surface area contributed by atoms with Gasteiger partial charge in [-0.1, -0.05) is 6.42 Å². The predicted molar refractivity (Wildman–Crippen MR) is 45.2 cm³/mol. The third kappa shape index (κ3) is 6.99. The van der Waals surface area contributed by atoms with Gasteiger partial charge in [0.25, 0.3) is 0 Å². The molecule has 3 heteroatoms. The summed E-state index contributed by atoms with van der Waals surface area (Å²) in [6.45, 7) is 0. The minimum atomic E-state index is 0.295. The van der Waals surface area contributed by atoms with E-state index in [4.69, 9.17) is 0 Å². The fourth-order valence-corrected chi connectivity index (χ4v) is 3.61. The van der Waals surface area contributed by atoms with Crippen LogP contribution >= 0.6 is 26.6 Å². The van der Waals surface area contributed by atoms with E-state index in [1.54, 1.807) is 0 Å². The molecular formula is C4H12INP+. The molecule has 7 heavy (non-hydrogen) atoms. The van der Waals surface area contributed by atoms with E-state index in [1.807, 2.05) is 0 Å². The highest BCUT2D eigenvalue weighted by atomic mass is 127. The van der Waals surface area contributed by atoms with Crippen molar-refractivity contribution in [1.29, 1.82) is 0 Å². The predicted octanol–water partition coefficient (Wildman–Crippen LogP) is 1.68. The summed E-state index contributed by atoms with van der Waals surface area (Å²) in [7, 11) is 6.62. The van der Waals surface area contributed by atoms with E-state index in [0.29, 0.717) is 20.1 Å². The molecule has 0 aliphatic rings. The van der Waals surface area contributed by atoms with Gasteiger partial charge in [0, 0.05) is 0 Å². The molecular weight excluding hydrogens is 220 g/mol. The quantitative estimate of drug-likeness (QED) is 0.223. The smallest absolute Gasteiger partial charge is 0.127 e. The topological polar surface area (TPSA) is 0 Å². The molecule has 0 heterocycles. The molecule has 0 aromatic heterocycles. The fraction of sp³-hybridized carbons (Fsp3) is 1.00. The van der Waals surface area contributed by atoms with Gasteiger partial charge in [0.2, 0.25) is 0 Å². The van der Waals surface area contributed by atoms with E-state index in [2.05, 4.69) is 27.6 Å². The SMILES string of the molecule is C[N+](C)(C)CI=P. The van der Waals surface area contributed by atoms with Crippen LogP contribution in [0.3, 0.4) is 0 Å². The number of nitrogens with zero attached hydrogens (tertiary/aromatic N) is 1. The van der Waals surface area contributed by atoms with Gasteiger partial charge in [0.1, 0.15) is 4.55 Å². The number of halogens is 1. The van der Waals surface area contributed by atoms with Gasteiger partial charge in [0.05, 0.1) is 21.1 Å². The Hall–Kier alpha value is 0.990. The molecule has 0 atom stereocenters. The molecule has 0 aliphatic heterocycles.